The number of alkyl halides is 3. The van der Waals surface area contributed by atoms with Crippen molar-refractivity contribution >= 4 is 5.91 Å². The number of carbonyl (C=O) groups excluding carboxylic acids is 1. The Bertz CT molecular complexity index is 200. The molecular weight excluding hydrogens is 185 g/mol. The average Bonchev–Trinajstić information content (AvgIpc) is 1.83. The van der Waals surface area contributed by atoms with Crippen LogP contribution in [0.5, 0.6) is 0 Å². The first kappa shape index (κ1) is 12.2. The molecule has 0 aromatic carbocycles. The molecule has 0 rings (SSSR count). The number of nitrogens with two attached hydrogens (primary N) is 1. The van der Waals surface area contributed by atoms with Crippen molar-refractivity contribution in [1.29, 1.82) is 0 Å². The molecule has 0 aromatic rings. The molecule has 0 saturated carbocycles. The molecule has 13 heavy (non-hydrogen) atoms. The molecule has 0 heterocycles. The van der Waals surface area contributed by atoms with Crippen LogP contribution in [0.15, 0.2) is 0 Å². The Labute approximate surface area is 74.5 Å². The molecule has 0 aliphatic heterocycles. The van der Waals surface area contributed by atoms with E-state index in [9.17, 15) is 18.0 Å². The summed E-state index contributed by atoms with van der Waals surface area (Å²) in [5.41, 5.74) is 2.67. The summed E-state index contributed by atoms with van der Waals surface area (Å²) in [4.78, 5) is 10.7. The van der Waals surface area contributed by atoms with Gasteiger partial charge in [-0.15, -0.1) is 0 Å². The first-order valence-corrected chi connectivity index (χ1v) is 3.68. The predicted octanol–water partition coefficient (Wildman–Crippen LogP) is 0.648. The summed E-state index contributed by atoms with van der Waals surface area (Å²) < 4.78 is 37.1. The van der Waals surface area contributed by atoms with Crippen LogP contribution in [0.3, 0.4) is 0 Å². The lowest BCUT2D eigenvalue weighted by Gasteiger charge is -2.33. The molecule has 0 aromatic heterocycles. The maximum Gasteiger partial charge on any atom is 0.395 e. The fraction of sp³-hybridized carbons (Fsp3) is 0.857. The van der Waals surface area contributed by atoms with Crippen LogP contribution >= 0.6 is 0 Å². The first-order valence-electron chi connectivity index (χ1n) is 3.68. The van der Waals surface area contributed by atoms with E-state index in [0.29, 0.717) is 0 Å². The van der Waals surface area contributed by atoms with Gasteiger partial charge in [0.05, 0.1) is 5.41 Å². The highest BCUT2D eigenvalue weighted by Crippen LogP contribution is 2.40. The molecule has 6 heteroatoms. The van der Waals surface area contributed by atoms with Crippen LogP contribution in [0.1, 0.15) is 13.8 Å². The van der Waals surface area contributed by atoms with Crippen molar-refractivity contribution in [1.82, 2.24) is 5.32 Å². The number of amides is 1. The molecule has 3 N–H and O–H groups in total. The summed E-state index contributed by atoms with van der Waals surface area (Å²) in [6.45, 7) is 1.86. The lowest BCUT2D eigenvalue weighted by Crippen LogP contribution is -2.55. The van der Waals surface area contributed by atoms with Crippen LogP contribution in [0, 0.1) is 5.41 Å². The molecule has 0 aliphatic carbocycles. The van der Waals surface area contributed by atoms with Gasteiger partial charge in [-0.3, -0.25) is 4.79 Å². The van der Waals surface area contributed by atoms with Gasteiger partial charge < -0.3 is 11.1 Å². The van der Waals surface area contributed by atoms with Crippen molar-refractivity contribution in [3.05, 3.63) is 0 Å². The molecule has 0 spiro atoms. The highest BCUT2D eigenvalue weighted by Gasteiger charge is 2.53. The van der Waals surface area contributed by atoms with E-state index in [1.165, 1.54) is 7.05 Å². The van der Waals surface area contributed by atoms with E-state index >= 15 is 0 Å². The Morgan fingerprint density at radius 3 is 1.85 bits per heavy atom. The third-order valence-electron chi connectivity index (χ3n) is 2.03. The maximum absolute atomic E-state index is 12.4. The molecular formula is C7H13F3N2O. The normalized spacial score (nSPS) is 15.5. The van der Waals surface area contributed by atoms with Gasteiger partial charge in [-0.1, -0.05) is 0 Å². The highest BCUT2D eigenvalue weighted by atomic mass is 19.4. The largest absolute Gasteiger partial charge is 0.395 e. The minimum atomic E-state index is -4.46. The molecule has 0 saturated heterocycles. The summed E-state index contributed by atoms with van der Waals surface area (Å²) in [5.74, 6) is -1.01. The number of likely N-dealkylation sites (N-methyl/N-ethyl adjacent to an activating group) is 1. The number of rotatable bonds is 3. The highest BCUT2D eigenvalue weighted by molar-refractivity contribution is 5.80. The molecule has 3 nitrogen and oxygen atoms in total. The SMILES string of the molecule is CNC(C(N)=O)C(C)(C)C(F)(F)F. The zero-order valence-electron chi connectivity index (χ0n) is 7.70. The smallest absolute Gasteiger partial charge is 0.368 e. The lowest BCUT2D eigenvalue weighted by atomic mass is 9.83. The number of hydrogen-bond acceptors (Lipinski definition) is 2. The summed E-state index contributed by atoms with van der Waals surface area (Å²) in [7, 11) is 1.27. The average molecular weight is 198 g/mol. The zero-order chi connectivity index (χ0) is 10.9. The second kappa shape index (κ2) is 3.53. The molecule has 1 amide bonds. The lowest BCUT2D eigenvalue weighted by molar-refractivity contribution is -0.220. The third kappa shape index (κ3) is 2.33. The van der Waals surface area contributed by atoms with Crippen molar-refractivity contribution in [2.24, 2.45) is 11.1 Å². The van der Waals surface area contributed by atoms with E-state index in [-0.39, 0.29) is 0 Å². The van der Waals surface area contributed by atoms with Crippen molar-refractivity contribution in [2.45, 2.75) is 26.1 Å². The quantitative estimate of drug-likeness (QED) is 0.699. The maximum atomic E-state index is 12.4. The van der Waals surface area contributed by atoms with Crippen LogP contribution in [0.25, 0.3) is 0 Å². The second-order valence-electron chi connectivity index (χ2n) is 3.34. The molecule has 0 bridgehead atoms. The van der Waals surface area contributed by atoms with Gasteiger partial charge in [0.1, 0.15) is 6.04 Å². The predicted molar refractivity (Wildman–Crippen MR) is 41.9 cm³/mol. The van der Waals surface area contributed by atoms with E-state index in [4.69, 9.17) is 5.73 Å². The van der Waals surface area contributed by atoms with E-state index in [1.807, 2.05) is 0 Å². The van der Waals surface area contributed by atoms with Crippen molar-refractivity contribution < 1.29 is 18.0 Å². The van der Waals surface area contributed by atoms with E-state index in [2.05, 4.69) is 5.32 Å². The first-order chi connectivity index (χ1) is 5.64. The standard InChI is InChI=1S/C7H13F3N2O/c1-6(2,7(8,9)10)4(12-3)5(11)13/h4,12H,1-3H3,(H2,11,13). The minimum absolute atomic E-state index is 0.929. The van der Waals surface area contributed by atoms with Crippen LogP contribution in [-0.4, -0.2) is 25.2 Å². The van der Waals surface area contributed by atoms with Gasteiger partial charge in [0.25, 0.3) is 0 Å². The second-order valence-corrected chi connectivity index (χ2v) is 3.34. The van der Waals surface area contributed by atoms with Gasteiger partial charge in [0.15, 0.2) is 0 Å². The monoisotopic (exact) mass is 198 g/mol. The van der Waals surface area contributed by atoms with Crippen LogP contribution in [0.2, 0.25) is 0 Å². The topological polar surface area (TPSA) is 55.1 Å². The van der Waals surface area contributed by atoms with Gasteiger partial charge in [-0.05, 0) is 20.9 Å². The molecule has 1 atom stereocenters. The van der Waals surface area contributed by atoms with Crippen molar-refractivity contribution in [3.8, 4) is 0 Å². The van der Waals surface area contributed by atoms with Crippen LogP contribution in [-0.2, 0) is 4.79 Å². The number of nitrogens with one attached hydrogen (secondary N) is 1. The number of primary amides is 1. The Balaban J connectivity index is 4.89. The van der Waals surface area contributed by atoms with Crippen LogP contribution in [0.4, 0.5) is 13.2 Å². The van der Waals surface area contributed by atoms with Gasteiger partial charge in [-0.2, -0.15) is 13.2 Å². The van der Waals surface area contributed by atoms with E-state index in [1.54, 1.807) is 0 Å². The van der Waals surface area contributed by atoms with Gasteiger partial charge in [0, 0.05) is 0 Å². The van der Waals surface area contributed by atoms with Crippen molar-refractivity contribution in [2.75, 3.05) is 7.05 Å². The fourth-order valence-corrected chi connectivity index (χ4v) is 1.02. The summed E-state index contributed by atoms with van der Waals surface area (Å²) in [6.07, 6.45) is -4.46. The van der Waals surface area contributed by atoms with Gasteiger partial charge in [0.2, 0.25) is 5.91 Å². The molecule has 78 valence electrons. The molecule has 0 radical (unpaired) electrons. The Kier molecular flexibility index (Phi) is 3.32. The Morgan fingerprint density at radius 2 is 1.77 bits per heavy atom. The minimum Gasteiger partial charge on any atom is -0.368 e. The Morgan fingerprint density at radius 1 is 1.38 bits per heavy atom. The van der Waals surface area contributed by atoms with Crippen LogP contribution < -0.4 is 11.1 Å². The summed E-state index contributed by atoms with van der Waals surface area (Å²) in [5, 5.41) is 2.25. The Hall–Kier alpha value is -0.780. The number of carbonyl (C=O) groups is 1. The zero-order valence-corrected chi connectivity index (χ0v) is 7.70. The molecule has 1 unspecified atom stereocenters. The fourth-order valence-electron chi connectivity index (χ4n) is 1.02. The number of halogens is 3. The van der Waals surface area contributed by atoms with Gasteiger partial charge >= 0.3 is 6.18 Å². The van der Waals surface area contributed by atoms with E-state index < -0.39 is 23.5 Å². The third-order valence-corrected chi connectivity index (χ3v) is 2.03. The van der Waals surface area contributed by atoms with Gasteiger partial charge in [-0.25, -0.2) is 0 Å². The summed E-state index contributed by atoms with van der Waals surface area (Å²) in [6, 6.07) is -1.41. The summed E-state index contributed by atoms with van der Waals surface area (Å²) >= 11 is 0. The number of hydrogen-bond donors (Lipinski definition) is 2. The molecule has 0 fully saturated rings. The van der Waals surface area contributed by atoms with E-state index in [0.717, 1.165) is 13.8 Å². The molecule has 0 aliphatic rings. The van der Waals surface area contributed by atoms with Crippen molar-refractivity contribution in [3.63, 3.8) is 0 Å².